The molecular formula is C16H19N3O5. The van der Waals surface area contributed by atoms with Gasteiger partial charge in [-0.3, -0.25) is 14.9 Å². The van der Waals surface area contributed by atoms with E-state index in [-0.39, 0.29) is 29.2 Å². The van der Waals surface area contributed by atoms with Crippen molar-refractivity contribution >= 4 is 23.3 Å². The summed E-state index contributed by atoms with van der Waals surface area (Å²) in [6.45, 7) is 1.48. The predicted octanol–water partition coefficient (Wildman–Crippen LogP) is 1.99. The van der Waals surface area contributed by atoms with Gasteiger partial charge < -0.3 is 15.4 Å². The number of amides is 1. The fourth-order valence-electron chi connectivity index (χ4n) is 2.21. The highest BCUT2D eigenvalue weighted by atomic mass is 16.6. The quantitative estimate of drug-likeness (QED) is 0.448. The minimum atomic E-state index is -0.943. The average molecular weight is 333 g/mol. The molecule has 8 heteroatoms. The maximum Gasteiger partial charge on any atom is 0.339 e. The molecule has 0 radical (unpaired) electrons. The fourth-order valence-corrected chi connectivity index (χ4v) is 2.21. The zero-order valence-corrected chi connectivity index (χ0v) is 13.3. The summed E-state index contributed by atoms with van der Waals surface area (Å²) in [6.07, 6.45) is 2.90. The number of esters is 1. The first-order chi connectivity index (χ1) is 11.4. The zero-order chi connectivity index (χ0) is 17.3. The minimum Gasteiger partial charge on any atom is -0.449 e. The molecule has 2 N–H and O–H groups in total. The van der Waals surface area contributed by atoms with Gasteiger partial charge in [0.2, 0.25) is 0 Å². The number of benzene rings is 1. The average Bonchev–Trinajstić information content (AvgIpc) is 3.43. The van der Waals surface area contributed by atoms with Gasteiger partial charge in [-0.15, -0.1) is 0 Å². The van der Waals surface area contributed by atoms with Crippen LogP contribution >= 0.6 is 0 Å². The molecule has 1 aromatic carbocycles. The Balaban J connectivity index is 1.67. The lowest BCUT2D eigenvalue weighted by Crippen LogP contribution is -2.37. The molecule has 0 bridgehead atoms. The van der Waals surface area contributed by atoms with Gasteiger partial charge in [0.1, 0.15) is 5.69 Å². The standard InChI is InChI=1S/C16H19N3O5/c1-9(15(20)18-12-5-6-12)24-16(21)10-2-7-13(17-11-3-4-11)14(8-10)19(22)23/h2,7-9,11-12,17H,3-6H2,1H3,(H,18,20)/t9-/m0/s1. The lowest BCUT2D eigenvalue weighted by molar-refractivity contribution is -0.384. The van der Waals surface area contributed by atoms with Crippen molar-refractivity contribution in [1.29, 1.82) is 0 Å². The van der Waals surface area contributed by atoms with E-state index in [1.807, 2.05) is 0 Å². The Morgan fingerprint density at radius 3 is 2.50 bits per heavy atom. The maximum atomic E-state index is 12.1. The molecule has 2 aliphatic rings. The third-order valence-electron chi connectivity index (χ3n) is 3.94. The second kappa shape index (κ2) is 6.46. The summed E-state index contributed by atoms with van der Waals surface area (Å²) >= 11 is 0. The van der Waals surface area contributed by atoms with Crippen LogP contribution in [-0.4, -0.2) is 35.0 Å². The smallest absolute Gasteiger partial charge is 0.339 e. The first-order valence-corrected chi connectivity index (χ1v) is 8.00. The first-order valence-electron chi connectivity index (χ1n) is 8.00. The highest BCUT2D eigenvalue weighted by molar-refractivity contribution is 5.93. The molecule has 8 nitrogen and oxygen atoms in total. The summed E-state index contributed by atoms with van der Waals surface area (Å²) in [6, 6.07) is 4.58. The Kier molecular flexibility index (Phi) is 4.37. The lowest BCUT2D eigenvalue weighted by atomic mass is 10.1. The second-order valence-corrected chi connectivity index (χ2v) is 6.24. The van der Waals surface area contributed by atoms with Gasteiger partial charge >= 0.3 is 5.97 Å². The number of rotatable bonds is 7. The summed E-state index contributed by atoms with van der Waals surface area (Å²) in [5.74, 6) is -1.11. The maximum absolute atomic E-state index is 12.1. The Labute approximate surface area is 138 Å². The predicted molar refractivity (Wildman–Crippen MR) is 85.8 cm³/mol. The number of nitrogens with zero attached hydrogens (tertiary/aromatic N) is 1. The van der Waals surface area contributed by atoms with Crippen LogP contribution in [0.5, 0.6) is 0 Å². The molecule has 0 aromatic heterocycles. The molecular weight excluding hydrogens is 314 g/mol. The van der Waals surface area contributed by atoms with Crippen LogP contribution in [0.2, 0.25) is 0 Å². The van der Waals surface area contributed by atoms with E-state index in [4.69, 9.17) is 4.74 Å². The zero-order valence-electron chi connectivity index (χ0n) is 13.3. The molecule has 0 heterocycles. The van der Waals surface area contributed by atoms with E-state index in [1.54, 1.807) is 0 Å². The van der Waals surface area contributed by atoms with E-state index < -0.39 is 17.0 Å². The molecule has 2 fully saturated rings. The van der Waals surface area contributed by atoms with Crippen LogP contribution < -0.4 is 10.6 Å². The van der Waals surface area contributed by atoms with E-state index in [1.165, 1.54) is 25.1 Å². The largest absolute Gasteiger partial charge is 0.449 e. The van der Waals surface area contributed by atoms with Crippen LogP contribution in [0.15, 0.2) is 18.2 Å². The van der Waals surface area contributed by atoms with Gasteiger partial charge in [-0.05, 0) is 44.7 Å². The van der Waals surface area contributed by atoms with E-state index in [9.17, 15) is 19.7 Å². The van der Waals surface area contributed by atoms with Crippen molar-refractivity contribution in [3.63, 3.8) is 0 Å². The van der Waals surface area contributed by atoms with Gasteiger partial charge in [0.25, 0.3) is 11.6 Å². The Morgan fingerprint density at radius 1 is 1.25 bits per heavy atom. The molecule has 1 atom stereocenters. The molecule has 0 spiro atoms. The van der Waals surface area contributed by atoms with Crippen molar-refractivity contribution in [1.82, 2.24) is 5.32 Å². The molecule has 0 unspecified atom stereocenters. The number of anilines is 1. The van der Waals surface area contributed by atoms with Gasteiger partial charge in [-0.25, -0.2) is 4.79 Å². The van der Waals surface area contributed by atoms with Crippen LogP contribution in [-0.2, 0) is 9.53 Å². The normalized spacial score (nSPS) is 17.7. The van der Waals surface area contributed by atoms with E-state index in [0.29, 0.717) is 5.69 Å². The van der Waals surface area contributed by atoms with Gasteiger partial charge in [-0.2, -0.15) is 0 Å². The third-order valence-corrected chi connectivity index (χ3v) is 3.94. The molecule has 0 aliphatic heterocycles. The number of hydrogen-bond donors (Lipinski definition) is 2. The summed E-state index contributed by atoms with van der Waals surface area (Å²) in [7, 11) is 0. The number of nitro groups is 1. The van der Waals surface area contributed by atoms with Gasteiger partial charge in [-0.1, -0.05) is 0 Å². The number of carbonyl (C=O) groups is 2. The van der Waals surface area contributed by atoms with Crippen LogP contribution in [0.4, 0.5) is 11.4 Å². The van der Waals surface area contributed by atoms with Crippen LogP contribution in [0.3, 0.4) is 0 Å². The lowest BCUT2D eigenvalue weighted by Gasteiger charge is -2.13. The molecule has 2 aliphatic carbocycles. The van der Waals surface area contributed by atoms with Crippen molar-refractivity contribution in [2.75, 3.05) is 5.32 Å². The molecule has 3 rings (SSSR count). The van der Waals surface area contributed by atoms with Gasteiger partial charge in [0, 0.05) is 18.2 Å². The van der Waals surface area contributed by atoms with Crippen molar-refractivity contribution in [2.45, 2.75) is 50.8 Å². The molecule has 0 saturated heterocycles. The number of carbonyl (C=O) groups excluding carboxylic acids is 2. The monoisotopic (exact) mass is 333 g/mol. The van der Waals surface area contributed by atoms with Crippen LogP contribution in [0.25, 0.3) is 0 Å². The molecule has 1 aromatic rings. The summed E-state index contributed by atoms with van der Waals surface area (Å²) in [5, 5.41) is 17.0. The van der Waals surface area contributed by atoms with Crippen LogP contribution in [0.1, 0.15) is 43.0 Å². The van der Waals surface area contributed by atoms with Crippen LogP contribution in [0, 0.1) is 10.1 Å². The van der Waals surface area contributed by atoms with E-state index in [0.717, 1.165) is 25.7 Å². The second-order valence-electron chi connectivity index (χ2n) is 6.24. The Morgan fingerprint density at radius 2 is 1.92 bits per heavy atom. The fraction of sp³-hybridized carbons (Fsp3) is 0.500. The van der Waals surface area contributed by atoms with Gasteiger partial charge in [0.05, 0.1) is 10.5 Å². The van der Waals surface area contributed by atoms with Crippen molar-refractivity contribution in [3.8, 4) is 0 Å². The number of nitrogens with one attached hydrogen (secondary N) is 2. The Bertz CT molecular complexity index is 682. The van der Waals surface area contributed by atoms with E-state index >= 15 is 0 Å². The summed E-state index contributed by atoms with van der Waals surface area (Å²) < 4.78 is 5.10. The van der Waals surface area contributed by atoms with Crippen molar-refractivity contribution < 1.29 is 19.2 Å². The highest BCUT2D eigenvalue weighted by Crippen LogP contribution is 2.31. The summed E-state index contributed by atoms with van der Waals surface area (Å²) in [5.41, 5.74) is 0.263. The number of nitro benzene ring substituents is 1. The summed E-state index contributed by atoms with van der Waals surface area (Å²) in [4.78, 5) is 34.6. The Hall–Kier alpha value is -2.64. The first kappa shape index (κ1) is 16.2. The van der Waals surface area contributed by atoms with E-state index in [2.05, 4.69) is 10.6 Å². The van der Waals surface area contributed by atoms with Crippen molar-refractivity contribution in [3.05, 3.63) is 33.9 Å². The van der Waals surface area contributed by atoms with Crippen molar-refractivity contribution in [2.24, 2.45) is 0 Å². The topological polar surface area (TPSA) is 111 Å². The SMILES string of the molecule is C[C@H](OC(=O)c1ccc(NC2CC2)c([N+](=O)[O-])c1)C(=O)NC1CC1. The minimum absolute atomic E-state index is 0.0501. The molecule has 2 saturated carbocycles. The number of ether oxygens (including phenoxy) is 1. The molecule has 1 amide bonds. The highest BCUT2D eigenvalue weighted by Gasteiger charge is 2.29. The third kappa shape index (κ3) is 4.01. The number of hydrogen-bond acceptors (Lipinski definition) is 6. The van der Waals surface area contributed by atoms with Gasteiger partial charge in [0.15, 0.2) is 6.10 Å². The molecule has 128 valence electrons. The molecule has 24 heavy (non-hydrogen) atoms.